The second-order valence-electron chi connectivity index (χ2n) is 6.12. The molecule has 6 nitrogen and oxygen atoms in total. The maximum Gasteiger partial charge on any atom is 0.337 e. The lowest BCUT2D eigenvalue weighted by Crippen LogP contribution is -2.39. The number of rotatable bonds is 7. The Morgan fingerprint density at radius 3 is 2.22 bits per heavy atom. The molecular formula is C21H27N3O3. The Labute approximate surface area is 160 Å². The molecule has 0 unspecified atom stereocenters. The molecule has 1 N–H and O–H groups in total. The third kappa shape index (κ3) is 6.02. The van der Waals surface area contributed by atoms with Crippen LogP contribution in [0.4, 0.5) is 0 Å². The minimum absolute atomic E-state index is 0.319. The first-order valence-electron chi connectivity index (χ1n) is 8.79. The van der Waals surface area contributed by atoms with Crippen molar-refractivity contribution in [2.45, 2.75) is 13.0 Å². The molecule has 0 aromatic heterocycles. The molecule has 0 bridgehead atoms. The summed E-state index contributed by atoms with van der Waals surface area (Å²) >= 11 is 0. The fourth-order valence-corrected chi connectivity index (χ4v) is 2.71. The number of aliphatic imine (C=N–C) groups is 1. The van der Waals surface area contributed by atoms with Crippen molar-refractivity contribution in [2.75, 3.05) is 34.9 Å². The second-order valence-corrected chi connectivity index (χ2v) is 6.12. The highest BCUT2D eigenvalue weighted by Gasteiger charge is 2.07. The molecule has 6 heteroatoms. The molecule has 0 aliphatic rings. The number of esters is 1. The zero-order valence-corrected chi connectivity index (χ0v) is 16.4. The number of nitrogens with zero attached hydrogens (tertiary/aromatic N) is 2. The van der Waals surface area contributed by atoms with E-state index < -0.39 is 0 Å². The van der Waals surface area contributed by atoms with Crippen molar-refractivity contribution >= 4 is 11.9 Å². The molecule has 0 spiro atoms. The lowest BCUT2D eigenvalue weighted by molar-refractivity contribution is 0.0600. The van der Waals surface area contributed by atoms with Gasteiger partial charge in [-0.25, -0.2) is 4.79 Å². The van der Waals surface area contributed by atoms with Crippen LogP contribution in [-0.4, -0.2) is 51.7 Å². The topological polar surface area (TPSA) is 63.2 Å². The van der Waals surface area contributed by atoms with Crippen molar-refractivity contribution in [3.8, 4) is 5.75 Å². The van der Waals surface area contributed by atoms with Crippen LogP contribution < -0.4 is 10.1 Å². The largest absolute Gasteiger partial charge is 0.497 e. The molecule has 2 aromatic rings. The van der Waals surface area contributed by atoms with Gasteiger partial charge in [-0.05, 0) is 41.8 Å². The normalized spacial score (nSPS) is 11.0. The number of guanidine groups is 1. The van der Waals surface area contributed by atoms with Crippen molar-refractivity contribution < 1.29 is 14.3 Å². The van der Waals surface area contributed by atoms with E-state index in [0.29, 0.717) is 5.56 Å². The standard InChI is InChI=1S/C21H27N3O3/c1-22-21(24(2)15-17-7-11-19(26-3)12-8-17)23-14-13-16-5-9-18(10-6-16)20(25)27-4/h5-12H,13-15H2,1-4H3,(H,22,23). The molecule has 0 heterocycles. The van der Waals surface area contributed by atoms with Crippen molar-refractivity contribution in [3.63, 3.8) is 0 Å². The van der Waals surface area contributed by atoms with Gasteiger partial charge in [-0.15, -0.1) is 0 Å². The zero-order chi connectivity index (χ0) is 19.6. The van der Waals surface area contributed by atoms with E-state index in [1.807, 2.05) is 43.4 Å². The fraction of sp³-hybridized carbons (Fsp3) is 0.333. The number of ether oxygens (including phenoxy) is 2. The molecule has 0 aliphatic heterocycles. The van der Waals surface area contributed by atoms with Gasteiger partial charge in [-0.3, -0.25) is 4.99 Å². The fourth-order valence-electron chi connectivity index (χ4n) is 2.71. The molecule has 2 aromatic carbocycles. The molecule has 0 amide bonds. The van der Waals surface area contributed by atoms with E-state index in [4.69, 9.17) is 9.47 Å². The quantitative estimate of drug-likeness (QED) is 0.462. The molecular weight excluding hydrogens is 342 g/mol. The summed E-state index contributed by atoms with van der Waals surface area (Å²) in [5.74, 6) is 1.36. The molecule has 0 saturated carbocycles. The van der Waals surface area contributed by atoms with Crippen molar-refractivity contribution in [3.05, 3.63) is 65.2 Å². The minimum Gasteiger partial charge on any atom is -0.497 e. The number of benzene rings is 2. The molecule has 0 aliphatic carbocycles. The van der Waals surface area contributed by atoms with E-state index >= 15 is 0 Å². The SMILES string of the molecule is CN=C(NCCc1ccc(C(=O)OC)cc1)N(C)Cc1ccc(OC)cc1. The Morgan fingerprint density at radius 2 is 1.67 bits per heavy atom. The third-order valence-corrected chi connectivity index (χ3v) is 4.22. The molecule has 0 radical (unpaired) electrons. The Balaban J connectivity index is 1.84. The first-order valence-corrected chi connectivity index (χ1v) is 8.79. The van der Waals surface area contributed by atoms with Crippen LogP contribution in [0.15, 0.2) is 53.5 Å². The molecule has 2 rings (SSSR count). The van der Waals surface area contributed by atoms with Gasteiger partial charge < -0.3 is 19.7 Å². The van der Waals surface area contributed by atoms with Gasteiger partial charge in [-0.1, -0.05) is 24.3 Å². The zero-order valence-electron chi connectivity index (χ0n) is 16.4. The number of carbonyl (C=O) groups is 1. The third-order valence-electron chi connectivity index (χ3n) is 4.22. The van der Waals surface area contributed by atoms with Crippen molar-refractivity contribution in [1.82, 2.24) is 10.2 Å². The van der Waals surface area contributed by atoms with Crippen LogP contribution in [0, 0.1) is 0 Å². The van der Waals surface area contributed by atoms with Crippen LogP contribution >= 0.6 is 0 Å². The monoisotopic (exact) mass is 369 g/mol. The van der Waals surface area contributed by atoms with Crippen molar-refractivity contribution in [2.24, 2.45) is 4.99 Å². The van der Waals surface area contributed by atoms with E-state index in [1.54, 1.807) is 26.3 Å². The first kappa shape index (κ1) is 20.3. The predicted molar refractivity (Wildman–Crippen MR) is 107 cm³/mol. The van der Waals surface area contributed by atoms with Crippen LogP contribution in [0.5, 0.6) is 5.75 Å². The van der Waals surface area contributed by atoms with E-state index in [2.05, 4.69) is 15.2 Å². The number of hydrogen-bond acceptors (Lipinski definition) is 4. The number of hydrogen-bond donors (Lipinski definition) is 1. The smallest absolute Gasteiger partial charge is 0.337 e. The summed E-state index contributed by atoms with van der Waals surface area (Å²) in [5, 5.41) is 3.37. The Kier molecular flexibility index (Phi) is 7.67. The number of nitrogens with one attached hydrogen (secondary N) is 1. The van der Waals surface area contributed by atoms with Gasteiger partial charge >= 0.3 is 5.97 Å². The predicted octanol–water partition coefficient (Wildman–Crippen LogP) is 2.73. The molecule has 0 atom stereocenters. The number of carbonyl (C=O) groups excluding carboxylic acids is 1. The van der Waals surface area contributed by atoms with Gasteiger partial charge in [0.1, 0.15) is 5.75 Å². The van der Waals surface area contributed by atoms with Gasteiger partial charge in [0.15, 0.2) is 5.96 Å². The number of methoxy groups -OCH3 is 2. The van der Waals surface area contributed by atoms with Crippen LogP contribution in [0.2, 0.25) is 0 Å². The molecule has 27 heavy (non-hydrogen) atoms. The van der Waals surface area contributed by atoms with Gasteiger partial charge in [0.2, 0.25) is 0 Å². The second kappa shape index (κ2) is 10.2. The summed E-state index contributed by atoms with van der Waals surface area (Å²) in [6.07, 6.45) is 0.830. The summed E-state index contributed by atoms with van der Waals surface area (Å²) in [6, 6.07) is 15.5. The lowest BCUT2D eigenvalue weighted by Gasteiger charge is -2.22. The van der Waals surface area contributed by atoms with Gasteiger partial charge in [0.05, 0.1) is 19.8 Å². The molecule has 144 valence electrons. The highest BCUT2D eigenvalue weighted by molar-refractivity contribution is 5.89. The lowest BCUT2D eigenvalue weighted by atomic mass is 10.1. The van der Waals surface area contributed by atoms with Crippen LogP contribution in [0.25, 0.3) is 0 Å². The average Bonchev–Trinajstić information content (AvgIpc) is 2.71. The molecule has 0 fully saturated rings. The van der Waals surface area contributed by atoms with E-state index in [1.165, 1.54) is 12.7 Å². The first-order chi connectivity index (χ1) is 13.1. The van der Waals surface area contributed by atoms with Crippen LogP contribution in [0.1, 0.15) is 21.5 Å². The Morgan fingerprint density at radius 1 is 1.04 bits per heavy atom. The summed E-state index contributed by atoms with van der Waals surface area (Å²) in [5.41, 5.74) is 2.88. The summed E-state index contributed by atoms with van der Waals surface area (Å²) in [6.45, 7) is 1.49. The summed E-state index contributed by atoms with van der Waals surface area (Å²) in [7, 11) is 6.83. The van der Waals surface area contributed by atoms with Crippen molar-refractivity contribution in [1.29, 1.82) is 0 Å². The van der Waals surface area contributed by atoms with E-state index in [-0.39, 0.29) is 5.97 Å². The highest BCUT2D eigenvalue weighted by Crippen LogP contribution is 2.12. The Hall–Kier alpha value is -3.02. The summed E-state index contributed by atoms with van der Waals surface area (Å²) in [4.78, 5) is 17.9. The maximum absolute atomic E-state index is 11.5. The van der Waals surface area contributed by atoms with E-state index in [0.717, 1.165) is 36.8 Å². The molecule has 0 saturated heterocycles. The van der Waals surface area contributed by atoms with Gasteiger partial charge in [0.25, 0.3) is 0 Å². The van der Waals surface area contributed by atoms with E-state index in [9.17, 15) is 4.79 Å². The van der Waals surface area contributed by atoms with Gasteiger partial charge in [0, 0.05) is 27.2 Å². The van der Waals surface area contributed by atoms with Crippen LogP contribution in [-0.2, 0) is 17.7 Å². The average molecular weight is 369 g/mol. The van der Waals surface area contributed by atoms with Crippen LogP contribution in [0.3, 0.4) is 0 Å². The summed E-state index contributed by atoms with van der Waals surface area (Å²) < 4.78 is 9.90. The van der Waals surface area contributed by atoms with Gasteiger partial charge in [-0.2, -0.15) is 0 Å². The minimum atomic E-state index is -0.319. The highest BCUT2D eigenvalue weighted by atomic mass is 16.5. The Bertz CT molecular complexity index is 755. The maximum atomic E-state index is 11.5.